The average Bonchev–Trinajstić information content (AvgIpc) is 2.52. The molecule has 0 heterocycles. The van der Waals surface area contributed by atoms with Crippen LogP contribution in [-0.4, -0.2) is 48.9 Å². The second-order valence-corrected chi connectivity index (χ2v) is 12.3. The molecule has 0 fully saturated rings. The van der Waals surface area contributed by atoms with Crippen LogP contribution in [0.4, 0.5) is 0 Å². The van der Waals surface area contributed by atoms with Crippen molar-refractivity contribution in [1.82, 2.24) is 0 Å². The molecule has 0 radical (unpaired) electrons. The second kappa shape index (κ2) is 11.7. The van der Waals surface area contributed by atoms with Gasteiger partial charge in [-0.25, -0.2) is 0 Å². The molecule has 0 saturated heterocycles. The van der Waals surface area contributed by atoms with Gasteiger partial charge >= 0.3 is 48.9 Å². The molecule has 2 nitrogen and oxygen atoms in total. The Bertz CT molecular complexity index is 704. The van der Waals surface area contributed by atoms with Gasteiger partial charge in [0.1, 0.15) is 0 Å². The molecule has 0 unspecified atom stereocenters. The predicted octanol–water partition coefficient (Wildman–Crippen LogP) is 6.57. The monoisotopic (exact) mass is 548 g/mol. The smallest absolute Gasteiger partial charge is 0.872 e. The van der Waals surface area contributed by atoms with Gasteiger partial charge in [-0.05, 0) is 45.6 Å². The van der Waals surface area contributed by atoms with Gasteiger partial charge in [-0.2, -0.15) is 0 Å². The van der Waals surface area contributed by atoms with Gasteiger partial charge in [0.2, 0.25) is 0 Å². The Kier molecular flexibility index (Phi) is 11.5. The van der Waals surface area contributed by atoms with E-state index in [1.165, 1.54) is 11.1 Å². The molecular weight excluding hydrogens is 506 g/mol. The number of hydrogen-bond acceptors (Lipinski definition) is 2. The van der Waals surface area contributed by atoms with Crippen molar-refractivity contribution in [2.45, 2.75) is 92.9 Å². The summed E-state index contributed by atoms with van der Waals surface area (Å²) >= 11 is 0. The molecule has 31 heavy (non-hydrogen) atoms. The van der Waals surface area contributed by atoms with E-state index >= 15 is 0 Å². The van der Waals surface area contributed by atoms with Crippen molar-refractivity contribution in [3.63, 3.8) is 0 Å². The molecule has 0 aliphatic heterocycles. The zero-order valence-corrected chi connectivity index (χ0v) is 26.0. The topological polar surface area (TPSA) is 46.1 Å². The van der Waals surface area contributed by atoms with Gasteiger partial charge in [0.15, 0.2) is 0 Å². The van der Waals surface area contributed by atoms with Crippen molar-refractivity contribution in [2.75, 3.05) is 0 Å². The predicted molar refractivity (Wildman–Crippen MR) is 132 cm³/mol. The summed E-state index contributed by atoms with van der Waals surface area (Å²) in [6, 6.07) is 14.4. The molecule has 0 bridgehead atoms. The van der Waals surface area contributed by atoms with E-state index < -0.39 is 0 Å². The fraction of sp³-hybridized carbons (Fsp3) is 0.571. The van der Waals surface area contributed by atoms with E-state index in [4.69, 9.17) is 0 Å². The Morgan fingerprint density at radius 1 is 0.484 bits per heavy atom. The first-order chi connectivity index (χ1) is 13.4. The van der Waals surface area contributed by atoms with Crippen LogP contribution in [0.25, 0.3) is 0 Å². The van der Waals surface area contributed by atoms with E-state index in [0.29, 0.717) is 10.8 Å². The molecule has 0 saturated carbocycles. The molecule has 2 aromatic rings. The van der Waals surface area contributed by atoms with Crippen LogP contribution in [0, 0.1) is 10.8 Å². The fourth-order valence-electron chi connectivity index (χ4n) is 4.67. The van der Waals surface area contributed by atoms with E-state index in [0.717, 1.165) is 12.8 Å². The average molecular weight is 548 g/mol. The zero-order chi connectivity index (χ0) is 23.4. The molecule has 0 aliphatic carbocycles. The molecule has 0 spiro atoms. The maximum Gasteiger partial charge on any atom is 2.00 e. The number of rotatable bonds is 4. The first kappa shape index (κ1) is 30.6. The molecule has 168 valence electrons. The van der Waals surface area contributed by atoms with E-state index in [2.05, 4.69) is 69.2 Å². The zero-order valence-electron chi connectivity index (χ0n) is 21.6. The summed E-state index contributed by atoms with van der Waals surface area (Å²) in [7, 11) is 0. The minimum atomic E-state index is 0. The van der Waals surface area contributed by atoms with Gasteiger partial charge in [-0.15, -0.1) is 11.5 Å². The van der Waals surface area contributed by atoms with Crippen molar-refractivity contribution >= 4 is 48.9 Å². The fourth-order valence-corrected chi connectivity index (χ4v) is 4.67. The Morgan fingerprint density at radius 2 is 0.710 bits per heavy atom. The van der Waals surface area contributed by atoms with E-state index in [-0.39, 0.29) is 71.2 Å². The summed E-state index contributed by atoms with van der Waals surface area (Å²) in [5.74, 6) is 0.176. The van der Waals surface area contributed by atoms with Crippen LogP contribution >= 0.6 is 0 Å². The molecule has 0 atom stereocenters. The first-order valence-corrected chi connectivity index (χ1v) is 11.0. The maximum atomic E-state index is 11.0. The molecule has 0 N–H and O–H groups in total. The van der Waals surface area contributed by atoms with Gasteiger partial charge in [-0.3, -0.25) is 0 Å². The molecule has 2 aromatic carbocycles. The third kappa shape index (κ3) is 11.9. The number of hydrogen-bond donors (Lipinski definition) is 0. The summed E-state index contributed by atoms with van der Waals surface area (Å²) in [6.07, 6.45) is 2.22. The van der Waals surface area contributed by atoms with Crippen LogP contribution in [0.5, 0.6) is 11.5 Å². The van der Waals surface area contributed by atoms with Crippen molar-refractivity contribution < 1.29 is 10.2 Å². The molecule has 0 aromatic heterocycles. The summed E-state index contributed by atoms with van der Waals surface area (Å²) in [4.78, 5) is 0. The van der Waals surface area contributed by atoms with Crippen molar-refractivity contribution in [1.29, 1.82) is 0 Å². The Labute approximate surface area is 231 Å². The molecule has 3 heteroatoms. The van der Waals surface area contributed by atoms with Crippen LogP contribution in [-0.2, 0) is 10.8 Å². The van der Waals surface area contributed by atoms with E-state index in [1.807, 2.05) is 24.3 Å². The van der Waals surface area contributed by atoms with E-state index in [9.17, 15) is 10.2 Å². The van der Waals surface area contributed by atoms with Crippen molar-refractivity contribution in [3.8, 4) is 11.5 Å². The standard InChI is InChI=1S/2C14H22O.Ba/c2*1-13(2,3)10-14(4,5)11-6-8-12(15)9-7-11;/h2*6-9,15H,10H2,1-5H3;/q;;+2/p-2. The molecule has 2 rings (SSSR count). The molecule has 0 amide bonds. The van der Waals surface area contributed by atoms with Crippen molar-refractivity contribution in [3.05, 3.63) is 59.7 Å². The van der Waals surface area contributed by atoms with Crippen LogP contribution in [0.3, 0.4) is 0 Å². The maximum absolute atomic E-state index is 11.0. The summed E-state index contributed by atoms with van der Waals surface area (Å²) in [5, 5.41) is 22.1. The van der Waals surface area contributed by atoms with Crippen LogP contribution in [0.1, 0.15) is 93.2 Å². The Balaban J connectivity index is 0.000000562. The minimum Gasteiger partial charge on any atom is -0.872 e. The van der Waals surface area contributed by atoms with Gasteiger partial charge in [-0.1, -0.05) is 118 Å². The Morgan fingerprint density at radius 3 is 0.903 bits per heavy atom. The molecular formula is C28H42BaO2. The van der Waals surface area contributed by atoms with Gasteiger partial charge < -0.3 is 10.2 Å². The minimum absolute atomic E-state index is 0. The van der Waals surface area contributed by atoms with Crippen LogP contribution in [0.2, 0.25) is 0 Å². The quantitative estimate of drug-likeness (QED) is 0.407. The summed E-state index contributed by atoms with van der Waals surface area (Å²) in [6.45, 7) is 22.4. The second-order valence-electron chi connectivity index (χ2n) is 12.3. The van der Waals surface area contributed by atoms with E-state index in [1.54, 1.807) is 24.3 Å². The Hall–Kier alpha value is -0.389. The van der Waals surface area contributed by atoms with Gasteiger partial charge in [0.25, 0.3) is 0 Å². The normalized spacial score (nSPS) is 12.5. The third-order valence-corrected chi connectivity index (χ3v) is 5.22. The largest absolute Gasteiger partial charge is 2.00 e. The number of benzene rings is 2. The SMILES string of the molecule is CC(C)(C)CC(C)(C)c1ccc([O-])cc1.CC(C)(C)CC(C)(C)c1ccc([O-])cc1.[Ba+2]. The molecule has 0 aliphatic rings. The van der Waals surface area contributed by atoms with Crippen LogP contribution < -0.4 is 10.2 Å². The third-order valence-electron chi connectivity index (χ3n) is 5.22. The van der Waals surface area contributed by atoms with Gasteiger partial charge in [0.05, 0.1) is 0 Å². The summed E-state index contributed by atoms with van der Waals surface area (Å²) in [5.41, 5.74) is 3.37. The summed E-state index contributed by atoms with van der Waals surface area (Å²) < 4.78 is 0. The first-order valence-electron chi connectivity index (χ1n) is 11.0. The van der Waals surface area contributed by atoms with Crippen LogP contribution in [0.15, 0.2) is 48.5 Å². The van der Waals surface area contributed by atoms with Crippen molar-refractivity contribution in [2.24, 2.45) is 10.8 Å². The van der Waals surface area contributed by atoms with Gasteiger partial charge in [0, 0.05) is 0 Å².